The van der Waals surface area contributed by atoms with Gasteiger partial charge in [0.15, 0.2) is 5.13 Å². The van der Waals surface area contributed by atoms with Gasteiger partial charge in [-0.05, 0) is 35.6 Å². The minimum absolute atomic E-state index is 0.000707. The molecule has 6 nitrogen and oxygen atoms in total. The van der Waals surface area contributed by atoms with Crippen LogP contribution in [0.2, 0.25) is 0 Å². The second-order valence-corrected chi connectivity index (χ2v) is 10.1. The smallest absolute Gasteiger partial charge is 0.433 e. The van der Waals surface area contributed by atoms with Crippen LogP contribution in [0.25, 0.3) is 10.3 Å². The normalized spacial score (nSPS) is 17.6. The zero-order chi connectivity index (χ0) is 24.5. The van der Waals surface area contributed by atoms with Crippen LogP contribution in [0, 0.1) is 5.92 Å². The van der Waals surface area contributed by atoms with Crippen molar-refractivity contribution in [1.29, 1.82) is 0 Å². The number of piperazine rings is 1. The predicted molar refractivity (Wildman–Crippen MR) is 126 cm³/mol. The standard InChI is InChI=1S/C24H27F3N4O2S/c1-15(2)10-18-14-30(13-17-5-3-4-16(11-17)12-21(32)33)8-9-31(18)23-28-19-6-7-20(24(25,26)27)29-22(19)34-23/h3-7,11,15,18H,8-10,12-14H2,1-2H3,(H,32,33)/t18-/m1/s1. The number of alkyl halides is 3. The Morgan fingerprint density at radius 1 is 1.18 bits per heavy atom. The first kappa shape index (κ1) is 24.4. The number of nitrogens with zero attached hydrogens (tertiary/aromatic N) is 4. The molecule has 3 aromatic rings. The Morgan fingerprint density at radius 3 is 2.65 bits per heavy atom. The number of pyridine rings is 1. The minimum Gasteiger partial charge on any atom is -0.481 e. The topological polar surface area (TPSA) is 69.6 Å². The molecule has 0 bridgehead atoms. The van der Waals surface area contributed by atoms with E-state index in [0.717, 1.165) is 36.7 Å². The van der Waals surface area contributed by atoms with Crippen molar-refractivity contribution in [3.05, 3.63) is 53.2 Å². The van der Waals surface area contributed by atoms with Gasteiger partial charge in [0.2, 0.25) is 0 Å². The fourth-order valence-corrected chi connectivity index (χ4v) is 5.45. The molecule has 0 spiro atoms. The molecule has 1 saturated heterocycles. The van der Waals surface area contributed by atoms with Gasteiger partial charge in [0, 0.05) is 32.2 Å². The molecule has 1 N–H and O–H groups in total. The maximum atomic E-state index is 13.1. The second kappa shape index (κ2) is 9.87. The molecule has 0 saturated carbocycles. The Kier molecular flexibility index (Phi) is 7.09. The van der Waals surface area contributed by atoms with Crippen molar-refractivity contribution in [2.45, 2.75) is 45.5 Å². The van der Waals surface area contributed by atoms with Gasteiger partial charge in [-0.25, -0.2) is 9.97 Å². The number of aromatic nitrogens is 2. The number of hydrogen-bond acceptors (Lipinski definition) is 6. The third-order valence-electron chi connectivity index (χ3n) is 5.84. The highest BCUT2D eigenvalue weighted by molar-refractivity contribution is 7.21. The zero-order valence-corrected chi connectivity index (χ0v) is 19.9. The number of halogens is 3. The van der Waals surface area contributed by atoms with Crippen LogP contribution < -0.4 is 4.90 Å². The number of thiazole rings is 1. The molecule has 1 aliphatic rings. The van der Waals surface area contributed by atoms with Crippen molar-refractivity contribution in [2.75, 3.05) is 24.5 Å². The number of carbonyl (C=O) groups is 1. The van der Waals surface area contributed by atoms with Gasteiger partial charge in [-0.1, -0.05) is 49.4 Å². The number of anilines is 1. The molecule has 10 heteroatoms. The molecular weight excluding hydrogens is 465 g/mol. The van der Waals surface area contributed by atoms with Gasteiger partial charge in [0.05, 0.1) is 6.42 Å². The van der Waals surface area contributed by atoms with Gasteiger partial charge in [0.1, 0.15) is 16.0 Å². The fraction of sp³-hybridized carbons (Fsp3) is 0.458. The summed E-state index contributed by atoms with van der Waals surface area (Å²) in [5, 5.41) is 9.77. The summed E-state index contributed by atoms with van der Waals surface area (Å²) < 4.78 is 39.2. The van der Waals surface area contributed by atoms with E-state index >= 15 is 0 Å². The monoisotopic (exact) mass is 492 g/mol. The molecule has 1 atom stereocenters. The van der Waals surface area contributed by atoms with E-state index in [1.54, 1.807) is 0 Å². The van der Waals surface area contributed by atoms with E-state index in [0.29, 0.717) is 34.5 Å². The molecule has 2 aromatic heterocycles. The van der Waals surface area contributed by atoms with Crippen molar-refractivity contribution >= 4 is 32.8 Å². The van der Waals surface area contributed by atoms with E-state index < -0.39 is 17.8 Å². The lowest BCUT2D eigenvalue weighted by Gasteiger charge is -2.42. The van der Waals surface area contributed by atoms with Crippen LogP contribution in [-0.4, -0.2) is 51.6 Å². The number of hydrogen-bond donors (Lipinski definition) is 1. The maximum Gasteiger partial charge on any atom is 0.433 e. The predicted octanol–water partition coefficient (Wildman–Crippen LogP) is 5.07. The highest BCUT2D eigenvalue weighted by Crippen LogP contribution is 2.35. The molecule has 0 unspecified atom stereocenters. The SMILES string of the molecule is CC(C)C[C@@H]1CN(Cc2cccc(CC(=O)O)c2)CCN1c1nc2ccc(C(F)(F)F)nc2s1. The van der Waals surface area contributed by atoms with Gasteiger partial charge >= 0.3 is 12.1 Å². The van der Waals surface area contributed by atoms with Gasteiger partial charge < -0.3 is 10.0 Å². The summed E-state index contributed by atoms with van der Waals surface area (Å²) in [6.45, 7) is 7.29. The van der Waals surface area contributed by atoms with Crippen molar-refractivity contribution in [1.82, 2.24) is 14.9 Å². The Morgan fingerprint density at radius 2 is 1.94 bits per heavy atom. The average Bonchev–Trinajstić information content (AvgIpc) is 3.16. The number of aliphatic carboxylic acids is 1. The van der Waals surface area contributed by atoms with Crippen LogP contribution in [-0.2, 0) is 23.9 Å². The summed E-state index contributed by atoms with van der Waals surface area (Å²) in [5.74, 6) is -0.411. The van der Waals surface area contributed by atoms with Crippen LogP contribution >= 0.6 is 11.3 Å². The Labute approximate surface area is 200 Å². The lowest BCUT2D eigenvalue weighted by atomic mass is 10.00. The molecule has 1 aliphatic heterocycles. The van der Waals surface area contributed by atoms with Crippen LogP contribution in [0.5, 0.6) is 0 Å². The first-order chi connectivity index (χ1) is 16.1. The molecule has 1 fully saturated rings. The third-order valence-corrected chi connectivity index (χ3v) is 6.85. The van der Waals surface area contributed by atoms with Gasteiger partial charge in [0.25, 0.3) is 0 Å². The zero-order valence-electron chi connectivity index (χ0n) is 19.0. The summed E-state index contributed by atoms with van der Waals surface area (Å²) in [5.41, 5.74) is 1.43. The van der Waals surface area contributed by atoms with Crippen molar-refractivity contribution < 1.29 is 23.1 Å². The second-order valence-electron chi connectivity index (χ2n) is 9.12. The highest BCUT2D eigenvalue weighted by Gasteiger charge is 2.34. The van der Waals surface area contributed by atoms with Crippen LogP contribution in [0.15, 0.2) is 36.4 Å². The molecular formula is C24H27F3N4O2S. The first-order valence-corrected chi connectivity index (χ1v) is 12.0. The van der Waals surface area contributed by atoms with Crippen molar-refractivity contribution in [2.24, 2.45) is 5.92 Å². The van der Waals surface area contributed by atoms with Crippen LogP contribution in [0.1, 0.15) is 37.1 Å². The molecule has 3 heterocycles. The summed E-state index contributed by atoms with van der Waals surface area (Å²) in [7, 11) is 0. The summed E-state index contributed by atoms with van der Waals surface area (Å²) in [6, 6.07) is 10.2. The molecule has 4 rings (SSSR count). The molecule has 1 aromatic carbocycles. The molecule has 0 aliphatic carbocycles. The fourth-order valence-electron chi connectivity index (χ4n) is 4.42. The Balaban J connectivity index is 1.52. The highest BCUT2D eigenvalue weighted by atomic mass is 32.1. The number of carboxylic acids is 1. The lowest BCUT2D eigenvalue weighted by molar-refractivity contribution is -0.141. The van der Waals surface area contributed by atoms with Crippen LogP contribution in [0.4, 0.5) is 18.3 Å². The van der Waals surface area contributed by atoms with E-state index in [-0.39, 0.29) is 12.5 Å². The van der Waals surface area contributed by atoms with E-state index in [9.17, 15) is 18.0 Å². The number of fused-ring (bicyclic) bond motifs is 1. The van der Waals surface area contributed by atoms with Gasteiger partial charge in [-0.2, -0.15) is 13.2 Å². The summed E-state index contributed by atoms with van der Waals surface area (Å²) in [4.78, 5) is 24.3. The number of carboxylic acid groups (broad SMARTS) is 1. The Bertz CT molecular complexity index is 1160. The maximum absolute atomic E-state index is 13.1. The molecule has 0 amide bonds. The van der Waals surface area contributed by atoms with Crippen molar-refractivity contribution in [3.63, 3.8) is 0 Å². The van der Waals surface area contributed by atoms with E-state index in [1.165, 1.54) is 17.4 Å². The van der Waals surface area contributed by atoms with Gasteiger partial charge in [-0.3, -0.25) is 9.69 Å². The summed E-state index contributed by atoms with van der Waals surface area (Å²) in [6.07, 6.45) is -3.56. The van der Waals surface area contributed by atoms with E-state index in [2.05, 4.69) is 33.6 Å². The first-order valence-electron chi connectivity index (χ1n) is 11.2. The molecule has 34 heavy (non-hydrogen) atoms. The van der Waals surface area contributed by atoms with E-state index in [1.807, 2.05) is 24.3 Å². The average molecular weight is 493 g/mol. The largest absolute Gasteiger partial charge is 0.481 e. The summed E-state index contributed by atoms with van der Waals surface area (Å²) >= 11 is 1.21. The quantitative estimate of drug-likeness (QED) is 0.497. The third kappa shape index (κ3) is 5.85. The van der Waals surface area contributed by atoms with E-state index in [4.69, 9.17) is 5.11 Å². The Hall–Kier alpha value is -2.72. The molecule has 182 valence electrons. The van der Waals surface area contributed by atoms with Crippen molar-refractivity contribution in [3.8, 4) is 0 Å². The van der Waals surface area contributed by atoms with Gasteiger partial charge in [-0.15, -0.1) is 0 Å². The van der Waals surface area contributed by atoms with Crippen LogP contribution in [0.3, 0.4) is 0 Å². The number of rotatable bonds is 7. The molecule has 0 radical (unpaired) electrons. The lowest BCUT2D eigenvalue weighted by Crippen LogP contribution is -2.53. The number of benzene rings is 1. The minimum atomic E-state index is -4.48.